The minimum atomic E-state index is 0. The maximum absolute atomic E-state index is 7.00. The molecule has 0 atom stereocenters. The van der Waals surface area contributed by atoms with Gasteiger partial charge in [0.15, 0.2) is 0 Å². The summed E-state index contributed by atoms with van der Waals surface area (Å²) in [6.07, 6.45) is 3.76. The first kappa shape index (κ1) is 19.1. The van der Waals surface area contributed by atoms with Gasteiger partial charge in [-0.2, -0.15) is 12.7 Å². The minimum Gasteiger partial charge on any atom is -0.400 e. The van der Waals surface area contributed by atoms with Crippen LogP contribution in [0.2, 0.25) is 0 Å². The Balaban J connectivity index is -0.000000216. The second-order valence-electron chi connectivity index (χ2n) is 1.81. The quantitative estimate of drug-likeness (QED) is 0.597. The molecule has 0 aliphatic rings. The van der Waals surface area contributed by atoms with Crippen LogP contribution in [0.3, 0.4) is 0 Å². The Morgan fingerprint density at radius 1 is 1.07 bits per heavy atom. The molecule has 0 aromatic heterocycles. The van der Waals surface area contributed by atoms with Crippen molar-refractivity contribution in [3.8, 4) is 0 Å². The van der Waals surface area contributed by atoms with Gasteiger partial charge < -0.3 is 10.2 Å². The fourth-order valence-electron chi connectivity index (χ4n) is 0.700. The van der Waals surface area contributed by atoms with Gasteiger partial charge in [-0.1, -0.05) is 6.07 Å². The van der Waals surface area contributed by atoms with Gasteiger partial charge in [-0.05, 0) is 0 Å². The molecule has 0 aliphatic heterocycles. The van der Waals surface area contributed by atoms with Gasteiger partial charge in [-0.15, -0.1) is 36.2 Å². The molecule has 0 aliphatic carbocycles. The van der Waals surface area contributed by atoms with Gasteiger partial charge in [0, 0.05) is 35.9 Å². The Hall–Kier alpha value is -0.536. The van der Waals surface area contributed by atoms with Gasteiger partial charge in [0.2, 0.25) is 0 Å². The molecule has 0 unspecified atom stereocenters. The molecular weight excluding hydrogens is 212 g/mol. The molecule has 0 heterocycles. The first-order valence-corrected chi connectivity index (χ1v) is 3.84. The van der Waals surface area contributed by atoms with Gasteiger partial charge in [-0.3, -0.25) is 0 Å². The molecule has 3 heteroatoms. The van der Waals surface area contributed by atoms with E-state index in [1.54, 1.807) is 6.08 Å². The van der Waals surface area contributed by atoms with Crippen LogP contribution < -0.4 is 0 Å². The van der Waals surface area contributed by atoms with Crippen LogP contribution in [0.4, 0.5) is 0 Å². The largest absolute Gasteiger partial charge is 0.400 e. The Morgan fingerprint density at radius 2 is 1.50 bits per heavy atom. The monoisotopic (exact) mass is 229 g/mol. The molecule has 2 N–H and O–H groups in total. The molecule has 0 radical (unpaired) electrons. The van der Waals surface area contributed by atoms with Crippen molar-refractivity contribution in [3.63, 3.8) is 0 Å². The van der Waals surface area contributed by atoms with Crippen molar-refractivity contribution in [2.45, 2.75) is 0 Å². The minimum absolute atomic E-state index is 0. The third kappa shape index (κ3) is 11.5. The summed E-state index contributed by atoms with van der Waals surface area (Å²) in [7, 11) is 2.00. The van der Waals surface area contributed by atoms with Crippen LogP contribution in [0.25, 0.3) is 0 Å². The molecule has 1 aromatic carbocycles. The molecule has 1 aromatic rings. The standard InChI is InChI=1S/C9H9.2CH4O.Ti/c1-2-6-9-7-4-3-5-8-9;2*1-2;/h2-8H,1H2;2*2H,1H3;/q-1;;;. The van der Waals surface area contributed by atoms with Crippen LogP contribution in [0.1, 0.15) is 5.56 Å². The van der Waals surface area contributed by atoms with E-state index in [2.05, 4.69) is 6.58 Å². The smallest absolute Gasteiger partial charge is 0.0319 e. The molecular formula is C11H17O2Ti-. The first-order valence-electron chi connectivity index (χ1n) is 3.84. The summed E-state index contributed by atoms with van der Waals surface area (Å²) < 4.78 is 0. The average Bonchev–Trinajstić information content (AvgIpc) is 2.26. The van der Waals surface area contributed by atoms with E-state index in [0.29, 0.717) is 0 Å². The normalized spacial score (nSPS) is 6.29. The van der Waals surface area contributed by atoms with Crippen molar-refractivity contribution in [2.75, 3.05) is 14.2 Å². The van der Waals surface area contributed by atoms with Crippen molar-refractivity contribution >= 4 is 0 Å². The molecule has 0 spiro atoms. The van der Waals surface area contributed by atoms with Gasteiger partial charge >= 0.3 is 0 Å². The molecule has 0 saturated carbocycles. The van der Waals surface area contributed by atoms with E-state index in [-0.39, 0.29) is 21.7 Å². The molecule has 0 bridgehead atoms. The van der Waals surface area contributed by atoms with E-state index < -0.39 is 0 Å². The number of hydrogen-bond donors (Lipinski definition) is 2. The summed E-state index contributed by atoms with van der Waals surface area (Å²) in [6.45, 7) is 3.60. The fourth-order valence-corrected chi connectivity index (χ4v) is 0.700. The summed E-state index contributed by atoms with van der Waals surface area (Å²) in [5, 5.41) is 14.0. The third-order valence-electron chi connectivity index (χ3n) is 1.11. The zero-order chi connectivity index (χ0) is 10.5. The number of aliphatic hydroxyl groups is 2. The number of hydrogen-bond acceptors (Lipinski definition) is 2. The van der Waals surface area contributed by atoms with Gasteiger partial charge in [-0.25, -0.2) is 0 Å². The van der Waals surface area contributed by atoms with E-state index in [4.69, 9.17) is 10.2 Å². The van der Waals surface area contributed by atoms with Crippen LogP contribution in [-0.2, 0) is 21.7 Å². The molecule has 0 fully saturated rings. The average molecular weight is 229 g/mol. The van der Waals surface area contributed by atoms with Crippen LogP contribution >= 0.6 is 0 Å². The van der Waals surface area contributed by atoms with Crippen molar-refractivity contribution in [3.05, 3.63) is 55.0 Å². The predicted octanol–water partition coefficient (Wildman–Crippen LogP) is 1.64. The summed E-state index contributed by atoms with van der Waals surface area (Å²) in [4.78, 5) is 0. The number of allylic oxidation sites excluding steroid dienone is 1. The van der Waals surface area contributed by atoms with E-state index in [1.165, 1.54) is 5.56 Å². The summed E-state index contributed by atoms with van der Waals surface area (Å²) in [6, 6.07) is 10.1. The molecule has 78 valence electrons. The topological polar surface area (TPSA) is 40.5 Å². The second-order valence-corrected chi connectivity index (χ2v) is 1.81. The Kier molecular flexibility index (Phi) is 25.0. The van der Waals surface area contributed by atoms with Gasteiger partial charge in [0.25, 0.3) is 0 Å². The summed E-state index contributed by atoms with van der Waals surface area (Å²) >= 11 is 0. The van der Waals surface area contributed by atoms with Crippen LogP contribution in [0, 0.1) is 6.42 Å². The van der Waals surface area contributed by atoms with Gasteiger partial charge in [0.1, 0.15) is 0 Å². The SMILES string of the molecule is C=C[CH-]c1ccccc1.CO.CO.[Ti]. The van der Waals surface area contributed by atoms with Gasteiger partial charge in [0.05, 0.1) is 0 Å². The van der Waals surface area contributed by atoms with E-state index in [0.717, 1.165) is 14.2 Å². The van der Waals surface area contributed by atoms with Crippen LogP contribution in [-0.4, -0.2) is 24.4 Å². The molecule has 1 rings (SSSR count). The van der Waals surface area contributed by atoms with E-state index >= 15 is 0 Å². The predicted molar refractivity (Wildman–Crippen MR) is 56.3 cm³/mol. The van der Waals surface area contributed by atoms with Crippen molar-refractivity contribution in [1.29, 1.82) is 0 Å². The van der Waals surface area contributed by atoms with Crippen molar-refractivity contribution in [1.82, 2.24) is 0 Å². The maximum Gasteiger partial charge on any atom is 0.0319 e. The van der Waals surface area contributed by atoms with E-state index in [1.807, 2.05) is 36.8 Å². The number of benzene rings is 1. The second kappa shape index (κ2) is 18.3. The Bertz CT molecular complexity index is 188. The fraction of sp³-hybridized carbons (Fsp3) is 0.182. The molecule has 14 heavy (non-hydrogen) atoms. The molecule has 0 saturated heterocycles. The Labute approximate surface area is 101 Å². The summed E-state index contributed by atoms with van der Waals surface area (Å²) in [5.74, 6) is 0. The van der Waals surface area contributed by atoms with Crippen molar-refractivity contribution in [2.24, 2.45) is 0 Å². The van der Waals surface area contributed by atoms with Crippen LogP contribution in [0.15, 0.2) is 43.0 Å². The maximum atomic E-state index is 7.00. The Morgan fingerprint density at radius 3 is 1.86 bits per heavy atom. The number of rotatable bonds is 2. The summed E-state index contributed by atoms with van der Waals surface area (Å²) in [5.41, 5.74) is 1.20. The number of aliphatic hydroxyl groups excluding tert-OH is 2. The molecule has 2 nitrogen and oxygen atoms in total. The molecule has 0 amide bonds. The van der Waals surface area contributed by atoms with Crippen molar-refractivity contribution < 1.29 is 31.9 Å². The van der Waals surface area contributed by atoms with Crippen LogP contribution in [0.5, 0.6) is 0 Å². The third-order valence-corrected chi connectivity index (χ3v) is 1.11. The van der Waals surface area contributed by atoms with E-state index in [9.17, 15) is 0 Å². The zero-order valence-corrected chi connectivity index (χ0v) is 10.2. The zero-order valence-electron chi connectivity index (χ0n) is 8.64. The first-order chi connectivity index (χ1) is 6.43.